The Kier molecular flexibility index (Phi) is 5.65. The van der Waals surface area contributed by atoms with Crippen LogP contribution in [0.1, 0.15) is 0 Å². The van der Waals surface area contributed by atoms with Gasteiger partial charge >= 0.3 is 0 Å². The van der Waals surface area contributed by atoms with E-state index in [4.69, 9.17) is 34.8 Å². The number of rotatable bonds is 4. The van der Waals surface area contributed by atoms with Crippen molar-refractivity contribution in [1.82, 2.24) is 0 Å². The number of thioether (sulfide) groups is 1. The Morgan fingerprint density at radius 3 is 2.38 bits per heavy atom. The fraction of sp³-hybridized carbons (Fsp3) is 0.0714. The summed E-state index contributed by atoms with van der Waals surface area (Å²) in [6, 6.07) is 9.80. The Bertz CT molecular complexity index is 656. The van der Waals surface area contributed by atoms with Crippen molar-refractivity contribution in [2.24, 2.45) is 0 Å². The first-order valence-electron chi connectivity index (χ1n) is 5.82. The van der Waals surface area contributed by atoms with Crippen LogP contribution in [-0.4, -0.2) is 16.8 Å². The van der Waals surface area contributed by atoms with E-state index < -0.39 is 0 Å². The Morgan fingerprint density at radius 2 is 1.76 bits per heavy atom. The van der Waals surface area contributed by atoms with Gasteiger partial charge < -0.3 is 10.4 Å². The van der Waals surface area contributed by atoms with Gasteiger partial charge in [-0.15, -0.1) is 11.8 Å². The second-order valence-electron chi connectivity index (χ2n) is 4.05. The molecule has 7 heteroatoms. The van der Waals surface area contributed by atoms with Gasteiger partial charge in [0.2, 0.25) is 5.91 Å². The molecule has 2 rings (SSSR count). The van der Waals surface area contributed by atoms with Gasteiger partial charge in [0, 0.05) is 9.92 Å². The average molecular weight is 363 g/mol. The summed E-state index contributed by atoms with van der Waals surface area (Å²) in [4.78, 5) is 12.5. The lowest BCUT2D eigenvalue weighted by atomic mass is 10.3. The molecule has 1 amide bonds. The summed E-state index contributed by atoms with van der Waals surface area (Å²) in [7, 11) is 0. The minimum atomic E-state index is -0.283. The zero-order chi connectivity index (χ0) is 15.4. The summed E-state index contributed by atoms with van der Waals surface area (Å²) in [5, 5.41) is 13.2. The summed E-state index contributed by atoms with van der Waals surface area (Å²) in [5.74, 6) is -0.0282. The molecule has 2 aromatic carbocycles. The minimum absolute atomic E-state index is 0.118. The largest absolute Gasteiger partial charge is 0.507 e. The van der Waals surface area contributed by atoms with E-state index in [0.29, 0.717) is 15.6 Å². The number of para-hydroxylation sites is 1. The smallest absolute Gasteiger partial charge is 0.234 e. The van der Waals surface area contributed by atoms with Crippen LogP contribution in [0.3, 0.4) is 0 Å². The second-order valence-corrected chi connectivity index (χ2v) is 6.32. The molecule has 110 valence electrons. The van der Waals surface area contributed by atoms with Crippen LogP contribution in [0.2, 0.25) is 15.1 Å². The van der Waals surface area contributed by atoms with E-state index in [1.807, 2.05) is 0 Å². The first-order valence-corrected chi connectivity index (χ1v) is 7.94. The number of anilines is 1. The van der Waals surface area contributed by atoms with Crippen molar-refractivity contribution in [1.29, 1.82) is 0 Å². The van der Waals surface area contributed by atoms with Crippen molar-refractivity contribution in [3.05, 3.63) is 51.5 Å². The Morgan fingerprint density at radius 1 is 1.14 bits per heavy atom. The highest BCUT2D eigenvalue weighted by Gasteiger charge is 2.12. The van der Waals surface area contributed by atoms with Gasteiger partial charge in [0.25, 0.3) is 0 Å². The molecule has 2 N–H and O–H groups in total. The standard InChI is InChI=1S/C14H10Cl3NO2S/c15-8-5-9(16)14(10(17)6-8)18-13(20)7-21-12-4-2-1-3-11(12)19/h1-6,19H,7H2,(H,18,20). The van der Waals surface area contributed by atoms with Gasteiger partial charge in [-0.3, -0.25) is 4.79 Å². The molecule has 0 spiro atoms. The van der Waals surface area contributed by atoms with Crippen LogP contribution in [0, 0.1) is 0 Å². The molecule has 0 heterocycles. The molecule has 0 saturated heterocycles. The van der Waals surface area contributed by atoms with E-state index in [0.717, 1.165) is 0 Å². The third kappa shape index (κ3) is 4.45. The number of halogens is 3. The Labute approximate surface area is 141 Å². The number of nitrogens with one attached hydrogen (secondary N) is 1. The minimum Gasteiger partial charge on any atom is -0.507 e. The van der Waals surface area contributed by atoms with E-state index in [9.17, 15) is 9.90 Å². The van der Waals surface area contributed by atoms with Gasteiger partial charge in [-0.1, -0.05) is 46.9 Å². The molecule has 0 bridgehead atoms. The van der Waals surface area contributed by atoms with E-state index >= 15 is 0 Å². The van der Waals surface area contributed by atoms with Gasteiger partial charge in [0.05, 0.1) is 21.5 Å². The fourth-order valence-electron chi connectivity index (χ4n) is 1.56. The molecule has 0 aliphatic rings. The molecule has 0 fully saturated rings. The van der Waals surface area contributed by atoms with Crippen molar-refractivity contribution in [2.75, 3.05) is 11.1 Å². The molecule has 0 saturated carbocycles. The van der Waals surface area contributed by atoms with E-state index in [1.54, 1.807) is 24.3 Å². The lowest BCUT2D eigenvalue weighted by Gasteiger charge is -2.10. The van der Waals surface area contributed by atoms with E-state index in [2.05, 4.69) is 5.32 Å². The lowest BCUT2D eigenvalue weighted by molar-refractivity contribution is -0.113. The number of hydrogen-bond donors (Lipinski definition) is 2. The van der Waals surface area contributed by atoms with E-state index in [-0.39, 0.29) is 27.5 Å². The third-order valence-corrected chi connectivity index (χ3v) is 4.37. The molecule has 0 unspecified atom stereocenters. The van der Waals surface area contributed by atoms with Gasteiger partial charge in [-0.25, -0.2) is 0 Å². The van der Waals surface area contributed by atoms with Crippen LogP contribution in [0.25, 0.3) is 0 Å². The quantitative estimate of drug-likeness (QED) is 0.745. The molecule has 3 nitrogen and oxygen atoms in total. The zero-order valence-corrected chi connectivity index (χ0v) is 13.7. The van der Waals surface area contributed by atoms with Gasteiger partial charge in [-0.05, 0) is 24.3 Å². The van der Waals surface area contributed by atoms with Gasteiger partial charge in [0.1, 0.15) is 5.75 Å². The van der Waals surface area contributed by atoms with Gasteiger partial charge in [-0.2, -0.15) is 0 Å². The molecular weight excluding hydrogens is 353 g/mol. The summed E-state index contributed by atoms with van der Waals surface area (Å²) >= 11 is 19.0. The molecule has 0 aliphatic carbocycles. The van der Waals surface area contributed by atoms with E-state index in [1.165, 1.54) is 23.9 Å². The molecule has 0 aliphatic heterocycles. The van der Waals surface area contributed by atoms with Crippen molar-refractivity contribution in [2.45, 2.75) is 4.90 Å². The number of phenolic OH excluding ortho intramolecular Hbond substituents is 1. The number of hydrogen-bond acceptors (Lipinski definition) is 3. The van der Waals surface area contributed by atoms with Crippen molar-refractivity contribution >= 4 is 58.2 Å². The maximum atomic E-state index is 11.9. The number of amides is 1. The van der Waals surface area contributed by atoms with Crippen LogP contribution < -0.4 is 5.32 Å². The van der Waals surface area contributed by atoms with Crippen molar-refractivity contribution in [3.8, 4) is 5.75 Å². The summed E-state index contributed by atoms with van der Waals surface area (Å²) in [6.45, 7) is 0. The SMILES string of the molecule is O=C(CSc1ccccc1O)Nc1c(Cl)cc(Cl)cc1Cl. The molecule has 21 heavy (non-hydrogen) atoms. The number of benzene rings is 2. The maximum Gasteiger partial charge on any atom is 0.234 e. The third-order valence-electron chi connectivity index (χ3n) is 2.50. The summed E-state index contributed by atoms with van der Waals surface area (Å²) in [5.41, 5.74) is 0.325. The first-order chi connectivity index (χ1) is 9.97. The van der Waals surface area contributed by atoms with Crippen LogP contribution in [0.15, 0.2) is 41.3 Å². The Balaban J connectivity index is 2.01. The highest BCUT2D eigenvalue weighted by molar-refractivity contribution is 8.00. The highest BCUT2D eigenvalue weighted by Crippen LogP contribution is 2.34. The normalized spacial score (nSPS) is 10.4. The topological polar surface area (TPSA) is 49.3 Å². The van der Waals surface area contributed by atoms with Crippen LogP contribution >= 0.6 is 46.6 Å². The monoisotopic (exact) mass is 361 g/mol. The molecule has 0 aromatic heterocycles. The van der Waals surface area contributed by atoms with Gasteiger partial charge in [0.15, 0.2) is 0 Å². The maximum absolute atomic E-state index is 11.9. The first kappa shape index (κ1) is 16.3. The highest BCUT2D eigenvalue weighted by atomic mass is 35.5. The molecule has 0 atom stereocenters. The van der Waals surface area contributed by atoms with Crippen molar-refractivity contribution < 1.29 is 9.90 Å². The van der Waals surface area contributed by atoms with Crippen LogP contribution in [-0.2, 0) is 4.79 Å². The predicted molar refractivity (Wildman–Crippen MR) is 88.9 cm³/mol. The molecule has 0 radical (unpaired) electrons. The number of carbonyl (C=O) groups is 1. The zero-order valence-electron chi connectivity index (χ0n) is 10.6. The number of phenols is 1. The summed E-state index contributed by atoms with van der Waals surface area (Å²) < 4.78 is 0. The molecular formula is C14H10Cl3NO2S. The van der Waals surface area contributed by atoms with Crippen LogP contribution in [0.5, 0.6) is 5.75 Å². The lowest BCUT2D eigenvalue weighted by Crippen LogP contribution is -2.14. The Hall–Kier alpha value is -1.07. The fourth-order valence-corrected chi connectivity index (χ4v) is 3.22. The summed E-state index contributed by atoms with van der Waals surface area (Å²) in [6.07, 6.45) is 0. The predicted octanol–water partition coefficient (Wildman–Crippen LogP) is 5.08. The number of aromatic hydroxyl groups is 1. The average Bonchev–Trinajstić information content (AvgIpc) is 2.42. The van der Waals surface area contributed by atoms with Crippen molar-refractivity contribution in [3.63, 3.8) is 0 Å². The molecule has 2 aromatic rings. The number of carbonyl (C=O) groups excluding carboxylic acids is 1. The second kappa shape index (κ2) is 7.27. The van der Waals surface area contributed by atoms with Crippen LogP contribution in [0.4, 0.5) is 5.69 Å².